The second-order valence-corrected chi connectivity index (χ2v) is 6.52. The number of nitrogens with one attached hydrogen (secondary N) is 1. The topological polar surface area (TPSA) is 15.3 Å². The first-order chi connectivity index (χ1) is 8.84. The molecule has 1 saturated heterocycles. The molecule has 1 saturated carbocycles. The SMILES string of the molecule is CC1CCCC(NCCN2CCCCCC2)CC1. The van der Waals surface area contributed by atoms with Crippen LogP contribution in [-0.4, -0.2) is 37.1 Å². The Balaban J connectivity index is 1.59. The lowest BCUT2D eigenvalue weighted by molar-refractivity contribution is 0.276. The standard InChI is InChI=1S/C16H32N2/c1-15-7-6-8-16(10-9-15)17-11-14-18-12-4-2-3-5-13-18/h15-17H,2-14H2,1H3. The second-order valence-electron chi connectivity index (χ2n) is 6.52. The van der Waals surface area contributed by atoms with Crippen LogP contribution in [-0.2, 0) is 0 Å². The summed E-state index contributed by atoms with van der Waals surface area (Å²) in [4.78, 5) is 2.67. The van der Waals surface area contributed by atoms with Crippen LogP contribution in [0, 0.1) is 5.92 Å². The minimum atomic E-state index is 0.807. The summed E-state index contributed by atoms with van der Waals surface area (Å²) in [6, 6.07) is 0.807. The highest BCUT2D eigenvalue weighted by Gasteiger charge is 2.16. The third kappa shape index (κ3) is 5.27. The second kappa shape index (κ2) is 8.16. The van der Waals surface area contributed by atoms with Gasteiger partial charge in [0.05, 0.1) is 0 Å². The molecule has 2 unspecified atom stereocenters. The molecule has 2 aliphatic rings. The first-order valence-corrected chi connectivity index (χ1v) is 8.30. The van der Waals surface area contributed by atoms with E-state index < -0.39 is 0 Å². The molecule has 0 amide bonds. The van der Waals surface area contributed by atoms with Crippen molar-refractivity contribution >= 4 is 0 Å². The highest BCUT2D eigenvalue weighted by Crippen LogP contribution is 2.22. The first-order valence-electron chi connectivity index (χ1n) is 8.30. The molecule has 2 fully saturated rings. The maximum atomic E-state index is 3.81. The van der Waals surface area contributed by atoms with Crippen molar-refractivity contribution in [3.63, 3.8) is 0 Å². The van der Waals surface area contributed by atoms with E-state index >= 15 is 0 Å². The van der Waals surface area contributed by atoms with Crippen LogP contribution in [0.1, 0.15) is 64.7 Å². The molecule has 18 heavy (non-hydrogen) atoms. The van der Waals surface area contributed by atoms with Gasteiger partial charge < -0.3 is 10.2 Å². The smallest absolute Gasteiger partial charge is 0.0107 e. The van der Waals surface area contributed by atoms with Crippen molar-refractivity contribution in [3.05, 3.63) is 0 Å². The van der Waals surface area contributed by atoms with Crippen LogP contribution < -0.4 is 5.32 Å². The van der Waals surface area contributed by atoms with Crippen LogP contribution in [0.15, 0.2) is 0 Å². The molecule has 0 aromatic rings. The molecule has 1 aliphatic heterocycles. The van der Waals surface area contributed by atoms with Crippen molar-refractivity contribution in [2.75, 3.05) is 26.2 Å². The van der Waals surface area contributed by atoms with E-state index in [1.807, 2.05) is 0 Å². The third-order valence-electron chi connectivity index (χ3n) is 4.82. The molecule has 0 radical (unpaired) electrons. The molecule has 0 bridgehead atoms. The maximum Gasteiger partial charge on any atom is 0.0107 e. The van der Waals surface area contributed by atoms with Gasteiger partial charge >= 0.3 is 0 Å². The van der Waals surface area contributed by atoms with E-state index in [1.165, 1.54) is 84.0 Å². The number of likely N-dealkylation sites (tertiary alicyclic amines) is 1. The zero-order valence-corrected chi connectivity index (χ0v) is 12.3. The fraction of sp³-hybridized carbons (Fsp3) is 1.00. The van der Waals surface area contributed by atoms with Gasteiger partial charge in [0.1, 0.15) is 0 Å². The fourth-order valence-corrected chi connectivity index (χ4v) is 3.48. The highest BCUT2D eigenvalue weighted by molar-refractivity contribution is 4.74. The van der Waals surface area contributed by atoms with Crippen LogP contribution in [0.3, 0.4) is 0 Å². The zero-order valence-electron chi connectivity index (χ0n) is 12.3. The predicted molar refractivity (Wildman–Crippen MR) is 78.9 cm³/mol. The lowest BCUT2D eigenvalue weighted by atomic mass is 10.0. The Bertz CT molecular complexity index is 209. The lowest BCUT2D eigenvalue weighted by Crippen LogP contribution is -2.37. The average Bonchev–Trinajstić information content (AvgIpc) is 2.73. The van der Waals surface area contributed by atoms with E-state index in [9.17, 15) is 0 Å². The Kier molecular flexibility index (Phi) is 6.50. The van der Waals surface area contributed by atoms with Gasteiger partial charge in [-0.05, 0) is 51.1 Å². The molecule has 1 heterocycles. The highest BCUT2D eigenvalue weighted by atomic mass is 15.1. The van der Waals surface area contributed by atoms with E-state index in [0.29, 0.717) is 0 Å². The molecule has 2 nitrogen and oxygen atoms in total. The van der Waals surface area contributed by atoms with Crippen LogP contribution >= 0.6 is 0 Å². The van der Waals surface area contributed by atoms with Crippen LogP contribution in [0.5, 0.6) is 0 Å². The zero-order chi connectivity index (χ0) is 12.6. The maximum absolute atomic E-state index is 3.81. The van der Waals surface area contributed by atoms with Crippen molar-refractivity contribution in [1.82, 2.24) is 10.2 Å². The molecule has 0 spiro atoms. The predicted octanol–water partition coefficient (Wildman–Crippen LogP) is 3.42. The molecule has 2 rings (SSSR count). The van der Waals surface area contributed by atoms with E-state index in [1.54, 1.807) is 0 Å². The molecular formula is C16H32N2. The van der Waals surface area contributed by atoms with Gasteiger partial charge in [0, 0.05) is 19.1 Å². The monoisotopic (exact) mass is 252 g/mol. The van der Waals surface area contributed by atoms with E-state index in [0.717, 1.165) is 12.0 Å². The molecule has 2 heteroatoms. The van der Waals surface area contributed by atoms with Gasteiger partial charge in [0.15, 0.2) is 0 Å². The minimum absolute atomic E-state index is 0.807. The van der Waals surface area contributed by atoms with Gasteiger partial charge in [-0.2, -0.15) is 0 Å². The van der Waals surface area contributed by atoms with E-state index in [2.05, 4.69) is 17.1 Å². The van der Waals surface area contributed by atoms with Gasteiger partial charge in [0.2, 0.25) is 0 Å². The average molecular weight is 252 g/mol. The molecule has 0 aromatic carbocycles. The van der Waals surface area contributed by atoms with Crippen LogP contribution in [0.4, 0.5) is 0 Å². The number of hydrogen-bond donors (Lipinski definition) is 1. The summed E-state index contributed by atoms with van der Waals surface area (Å²) >= 11 is 0. The molecular weight excluding hydrogens is 220 g/mol. The Hall–Kier alpha value is -0.0800. The van der Waals surface area contributed by atoms with Gasteiger partial charge in [-0.3, -0.25) is 0 Å². The van der Waals surface area contributed by atoms with E-state index in [-0.39, 0.29) is 0 Å². The van der Waals surface area contributed by atoms with Crippen LogP contribution in [0.2, 0.25) is 0 Å². The van der Waals surface area contributed by atoms with Gasteiger partial charge in [-0.15, -0.1) is 0 Å². The Morgan fingerprint density at radius 2 is 1.67 bits per heavy atom. The largest absolute Gasteiger partial charge is 0.313 e. The molecule has 0 aromatic heterocycles. The summed E-state index contributed by atoms with van der Waals surface area (Å²) < 4.78 is 0. The van der Waals surface area contributed by atoms with Crippen molar-refractivity contribution < 1.29 is 0 Å². The minimum Gasteiger partial charge on any atom is -0.313 e. The van der Waals surface area contributed by atoms with Crippen molar-refractivity contribution in [1.29, 1.82) is 0 Å². The number of rotatable bonds is 4. The molecule has 1 N–H and O–H groups in total. The Morgan fingerprint density at radius 3 is 2.44 bits per heavy atom. The van der Waals surface area contributed by atoms with Crippen molar-refractivity contribution in [2.45, 2.75) is 70.8 Å². The summed E-state index contributed by atoms with van der Waals surface area (Å²) in [5.41, 5.74) is 0. The quantitative estimate of drug-likeness (QED) is 0.771. The third-order valence-corrected chi connectivity index (χ3v) is 4.82. The van der Waals surface area contributed by atoms with E-state index in [4.69, 9.17) is 0 Å². The fourth-order valence-electron chi connectivity index (χ4n) is 3.48. The van der Waals surface area contributed by atoms with Gasteiger partial charge in [0.25, 0.3) is 0 Å². The Morgan fingerprint density at radius 1 is 0.889 bits per heavy atom. The molecule has 1 aliphatic carbocycles. The Labute approximate surface area is 114 Å². The van der Waals surface area contributed by atoms with Gasteiger partial charge in [-0.1, -0.05) is 32.6 Å². The summed E-state index contributed by atoms with van der Waals surface area (Å²) in [6.07, 6.45) is 12.9. The number of hydrogen-bond acceptors (Lipinski definition) is 2. The summed E-state index contributed by atoms with van der Waals surface area (Å²) in [7, 11) is 0. The lowest BCUT2D eigenvalue weighted by Gasteiger charge is -2.22. The summed E-state index contributed by atoms with van der Waals surface area (Å²) in [6.45, 7) is 7.57. The van der Waals surface area contributed by atoms with Gasteiger partial charge in [-0.25, -0.2) is 0 Å². The molecule has 106 valence electrons. The summed E-state index contributed by atoms with van der Waals surface area (Å²) in [5, 5.41) is 3.81. The molecule has 2 atom stereocenters. The summed E-state index contributed by atoms with van der Waals surface area (Å²) in [5.74, 6) is 0.961. The van der Waals surface area contributed by atoms with Crippen molar-refractivity contribution in [2.24, 2.45) is 5.92 Å². The first kappa shape index (κ1) is 14.3. The van der Waals surface area contributed by atoms with Crippen LogP contribution in [0.25, 0.3) is 0 Å². The van der Waals surface area contributed by atoms with Crippen molar-refractivity contribution in [3.8, 4) is 0 Å². The number of nitrogens with zero attached hydrogens (tertiary/aromatic N) is 1. The normalized spacial score (nSPS) is 31.8.